The lowest BCUT2D eigenvalue weighted by molar-refractivity contribution is -0.139. The van der Waals surface area contributed by atoms with Crippen LogP contribution in [0.1, 0.15) is 12.5 Å². The van der Waals surface area contributed by atoms with Crippen LogP contribution in [0.25, 0.3) is 0 Å². The molecule has 1 aliphatic rings. The van der Waals surface area contributed by atoms with Crippen molar-refractivity contribution in [2.75, 3.05) is 20.6 Å². The first-order chi connectivity index (χ1) is 9.19. The monoisotopic (exact) mass is 262 g/mol. The Kier molecular flexibility index (Phi) is 4.52. The molecule has 0 bridgehead atoms. The maximum atomic E-state index is 12.5. The molecule has 0 saturated carbocycles. The molecule has 2 N–H and O–H groups in total. The van der Waals surface area contributed by atoms with Crippen LogP contribution in [0.15, 0.2) is 30.3 Å². The molecule has 2 atom stereocenters. The number of likely N-dealkylation sites (N-methyl/N-ethyl adjacent to an activating group) is 3. The minimum atomic E-state index is -0.191. The van der Waals surface area contributed by atoms with E-state index in [-0.39, 0.29) is 18.1 Å². The van der Waals surface area contributed by atoms with E-state index in [1.165, 1.54) is 0 Å². The Hall–Kier alpha value is -1.43. The van der Waals surface area contributed by atoms with Crippen molar-refractivity contribution in [3.8, 4) is 0 Å². The fraction of sp³-hybridized carbons (Fsp3) is 0.500. The first-order valence-electron chi connectivity index (χ1n) is 6.67. The van der Waals surface area contributed by atoms with E-state index >= 15 is 0 Å². The van der Waals surface area contributed by atoms with Gasteiger partial charge in [-0.25, -0.2) is 5.01 Å². The molecule has 0 aromatic heterocycles. The Morgan fingerprint density at radius 2 is 1.95 bits per heavy atom. The van der Waals surface area contributed by atoms with E-state index in [1.54, 1.807) is 5.01 Å². The summed E-state index contributed by atoms with van der Waals surface area (Å²) in [5.74, 6) is 0.118. The molecule has 1 aromatic rings. The highest BCUT2D eigenvalue weighted by atomic mass is 16.2. The first-order valence-corrected chi connectivity index (χ1v) is 6.67. The van der Waals surface area contributed by atoms with Crippen LogP contribution in [0.4, 0.5) is 0 Å². The maximum absolute atomic E-state index is 12.5. The Labute approximate surface area is 114 Å². The van der Waals surface area contributed by atoms with Gasteiger partial charge in [0.2, 0.25) is 0 Å². The van der Waals surface area contributed by atoms with Crippen LogP contribution in [0.3, 0.4) is 0 Å². The van der Waals surface area contributed by atoms with E-state index in [2.05, 4.69) is 10.6 Å². The van der Waals surface area contributed by atoms with Gasteiger partial charge in [0.15, 0.2) is 0 Å². The number of benzene rings is 1. The van der Waals surface area contributed by atoms with Crippen molar-refractivity contribution < 1.29 is 4.79 Å². The molecule has 1 amide bonds. The first kappa shape index (κ1) is 14.0. The average Bonchev–Trinajstić information content (AvgIpc) is 2.65. The minimum Gasteiger partial charge on any atom is -0.304 e. The SMILES string of the molecule is CCNC1C(=O)N(Cc2ccccc2)N(C)C1NC. The summed E-state index contributed by atoms with van der Waals surface area (Å²) >= 11 is 0. The molecule has 2 rings (SSSR count). The predicted octanol–water partition coefficient (Wildman–Crippen LogP) is 0.399. The Bertz CT molecular complexity index is 423. The molecule has 5 nitrogen and oxygen atoms in total. The van der Waals surface area contributed by atoms with Gasteiger partial charge < -0.3 is 10.6 Å². The molecule has 0 aliphatic carbocycles. The topological polar surface area (TPSA) is 47.6 Å². The van der Waals surface area contributed by atoms with Gasteiger partial charge in [0.1, 0.15) is 12.2 Å². The molecule has 1 saturated heterocycles. The summed E-state index contributed by atoms with van der Waals surface area (Å²) in [6.45, 7) is 3.40. The van der Waals surface area contributed by atoms with Gasteiger partial charge in [-0.3, -0.25) is 9.80 Å². The summed E-state index contributed by atoms with van der Waals surface area (Å²) in [4.78, 5) is 12.5. The number of nitrogens with one attached hydrogen (secondary N) is 2. The fourth-order valence-electron chi connectivity index (χ4n) is 2.54. The summed E-state index contributed by atoms with van der Waals surface area (Å²) in [6.07, 6.45) is -0.00355. The van der Waals surface area contributed by atoms with E-state index in [4.69, 9.17) is 0 Å². The molecule has 1 aromatic carbocycles. The highest BCUT2D eigenvalue weighted by Crippen LogP contribution is 2.19. The lowest BCUT2D eigenvalue weighted by atomic mass is 10.2. The number of hydrogen-bond acceptors (Lipinski definition) is 4. The highest BCUT2D eigenvalue weighted by molar-refractivity contribution is 5.84. The molecule has 19 heavy (non-hydrogen) atoms. The summed E-state index contributed by atoms with van der Waals surface area (Å²) < 4.78 is 0. The van der Waals surface area contributed by atoms with Gasteiger partial charge in [-0.1, -0.05) is 37.3 Å². The quantitative estimate of drug-likeness (QED) is 0.806. The number of carbonyl (C=O) groups excluding carboxylic acids is 1. The van der Waals surface area contributed by atoms with Gasteiger partial charge in [-0.15, -0.1) is 0 Å². The molecule has 1 aliphatic heterocycles. The Morgan fingerprint density at radius 1 is 1.26 bits per heavy atom. The molecule has 0 radical (unpaired) electrons. The molecule has 1 fully saturated rings. The van der Waals surface area contributed by atoms with E-state index in [0.717, 1.165) is 12.1 Å². The third-order valence-corrected chi connectivity index (χ3v) is 3.51. The second-order valence-electron chi connectivity index (χ2n) is 4.72. The van der Waals surface area contributed by atoms with Gasteiger partial charge in [0.05, 0.1) is 6.54 Å². The van der Waals surface area contributed by atoms with E-state index in [0.29, 0.717) is 6.54 Å². The summed E-state index contributed by atoms with van der Waals surface area (Å²) in [5.41, 5.74) is 1.13. The largest absolute Gasteiger partial charge is 0.304 e. The van der Waals surface area contributed by atoms with Crippen LogP contribution in [-0.4, -0.2) is 48.8 Å². The zero-order valence-corrected chi connectivity index (χ0v) is 11.8. The molecule has 2 unspecified atom stereocenters. The lowest BCUT2D eigenvalue weighted by Gasteiger charge is -2.28. The molecule has 0 spiro atoms. The van der Waals surface area contributed by atoms with Crippen molar-refractivity contribution >= 4 is 5.91 Å². The minimum absolute atomic E-state index is 0.00355. The fourth-order valence-corrected chi connectivity index (χ4v) is 2.54. The van der Waals surface area contributed by atoms with Crippen molar-refractivity contribution in [2.24, 2.45) is 0 Å². The number of hydrogen-bond donors (Lipinski definition) is 2. The third-order valence-electron chi connectivity index (χ3n) is 3.51. The van der Waals surface area contributed by atoms with Crippen molar-refractivity contribution in [1.29, 1.82) is 0 Å². The van der Waals surface area contributed by atoms with Crippen LogP contribution >= 0.6 is 0 Å². The summed E-state index contributed by atoms with van der Waals surface area (Å²) in [6, 6.07) is 9.85. The zero-order valence-electron chi connectivity index (χ0n) is 11.8. The van der Waals surface area contributed by atoms with E-state index in [9.17, 15) is 4.79 Å². The van der Waals surface area contributed by atoms with Crippen molar-refractivity contribution in [3.63, 3.8) is 0 Å². The van der Waals surface area contributed by atoms with Crippen LogP contribution in [0.5, 0.6) is 0 Å². The van der Waals surface area contributed by atoms with Gasteiger partial charge >= 0.3 is 0 Å². The summed E-state index contributed by atoms with van der Waals surface area (Å²) in [5, 5.41) is 10.2. The second-order valence-corrected chi connectivity index (χ2v) is 4.72. The van der Waals surface area contributed by atoms with Crippen molar-refractivity contribution in [3.05, 3.63) is 35.9 Å². The predicted molar refractivity (Wildman–Crippen MR) is 75.1 cm³/mol. The second kappa shape index (κ2) is 6.14. The van der Waals surface area contributed by atoms with Gasteiger partial charge in [0.25, 0.3) is 5.91 Å². The van der Waals surface area contributed by atoms with Crippen molar-refractivity contribution in [2.45, 2.75) is 25.7 Å². The number of carbonyl (C=O) groups is 1. The van der Waals surface area contributed by atoms with Crippen molar-refractivity contribution in [1.82, 2.24) is 20.7 Å². The van der Waals surface area contributed by atoms with Crippen LogP contribution in [0.2, 0.25) is 0 Å². The average molecular weight is 262 g/mol. The highest BCUT2D eigenvalue weighted by Gasteiger charge is 2.43. The third kappa shape index (κ3) is 2.78. The molecular formula is C14H22N4O. The number of rotatable bonds is 5. The Balaban J connectivity index is 2.14. The standard InChI is InChI=1S/C14H22N4O/c1-4-16-12-13(15-2)17(3)18(14(12)19)10-11-8-6-5-7-9-11/h5-9,12-13,15-16H,4,10H2,1-3H3. The van der Waals surface area contributed by atoms with E-state index < -0.39 is 0 Å². The van der Waals surface area contributed by atoms with E-state index in [1.807, 2.05) is 56.4 Å². The number of hydrazine groups is 1. The molecule has 1 heterocycles. The Morgan fingerprint density at radius 3 is 2.53 bits per heavy atom. The number of amides is 1. The zero-order chi connectivity index (χ0) is 13.8. The smallest absolute Gasteiger partial charge is 0.257 e. The normalized spacial score (nSPS) is 24.2. The number of nitrogens with zero attached hydrogens (tertiary/aromatic N) is 2. The lowest BCUT2D eigenvalue weighted by Crippen LogP contribution is -2.51. The van der Waals surface area contributed by atoms with Gasteiger partial charge in [-0.05, 0) is 19.2 Å². The maximum Gasteiger partial charge on any atom is 0.257 e. The van der Waals surface area contributed by atoms with Gasteiger partial charge in [0, 0.05) is 7.05 Å². The molecular weight excluding hydrogens is 240 g/mol. The molecule has 5 heteroatoms. The summed E-state index contributed by atoms with van der Waals surface area (Å²) in [7, 11) is 3.82. The van der Waals surface area contributed by atoms with Crippen LogP contribution in [0, 0.1) is 0 Å². The van der Waals surface area contributed by atoms with Crippen LogP contribution in [-0.2, 0) is 11.3 Å². The van der Waals surface area contributed by atoms with Gasteiger partial charge in [-0.2, -0.15) is 0 Å². The molecule has 104 valence electrons. The van der Waals surface area contributed by atoms with Crippen LogP contribution < -0.4 is 10.6 Å².